The standard InChI is InChI=1S/C20H18N2/c21-20(17-11-5-2-6-12-17)18-13-7-8-14-19(18)22-15-16-9-3-1-4-10-16/h1-14,21-22H,15H2. The summed E-state index contributed by atoms with van der Waals surface area (Å²) in [5.41, 5.74) is 4.60. The molecule has 0 spiro atoms. The van der Waals surface area contributed by atoms with Crippen molar-refractivity contribution in [3.8, 4) is 0 Å². The van der Waals surface area contributed by atoms with Crippen molar-refractivity contribution in [1.29, 1.82) is 5.41 Å². The predicted molar refractivity (Wildman–Crippen MR) is 92.6 cm³/mol. The first-order valence-corrected chi connectivity index (χ1v) is 7.36. The van der Waals surface area contributed by atoms with Crippen LogP contribution in [0.15, 0.2) is 84.9 Å². The molecule has 0 aliphatic heterocycles. The van der Waals surface area contributed by atoms with Gasteiger partial charge in [0.25, 0.3) is 0 Å². The van der Waals surface area contributed by atoms with Crippen LogP contribution in [-0.4, -0.2) is 5.71 Å². The zero-order valence-corrected chi connectivity index (χ0v) is 12.3. The fourth-order valence-corrected chi connectivity index (χ4v) is 2.41. The SMILES string of the molecule is N=C(c1ccccc1)c1ccccc1NCc1ccccc1. The van der Waals surface area contributed by atoms with Crippen molar-refractivity contribution in [1.82, 2.24) is 0 Å². The third-order valence-electron chi connectivity index (χ3n) is 3.58. The van der Waals surface area contributed by atoms with Crippen LogP contribution in [0.2, 0.25) is 0 Å². The van der Waals surface area contributed by atoms with E-state index in [0.717, 1.165) is 23.4 Å². The van der Waals surface area contributed by atoms with Gasteiger partial charge in [-0.05, 0) is 11.6 Å². The van der Waals surface area contributed by atoms with E-state index in [-0.39, 0.29) is 0 Å². The lowest BCUT2D eigenvalue weighted by Gasteiger charge is -2.13. The molecule has 0 radical (unpaired) electrons. The van der Waals surface area contributed by atoms with Crippen molar-refractivity contribution < 1.29 is 0 Å². The Morgan fingerprint density at radius 3 is 2.05 bits per heavy atom. The Kier molecular flexibility index (Phi) is 4.30. The molecule has 2 nitrogen and oxygen atoms in total. The van der Waals surface area contributed by atoms with Gasteiger partial charge in [0.15, 0.2) is 0 Å². The number of nitrogens with one attached hydrogen (secondary N) is 2. The van der Waals surface area contributed by atoms with Crippen LogP contribution >= 0.6 is 0 Å². The molecule has 2 heteroatoms. The van der Waals surface area contributed by atoms with Crippen LogP contribution < -0.4 is 5.32 Å². The molecule has 2 N–H and O–H groups in total. The van der Waals surface area contributed by atoms with Crippen LogP contribution in [0.25, 0.3) is 0 Å². The molecule has 0 aromatic heterocycles. The van der Waals surface area contributed by atoms with Gasteiger partial charge in [0.05, 0.1) is 5.71 Å². The van der Waals surface area contributed by atoms with Gasteiger partial charge in [0.2, 0.25) is 0 Å². The lowest BCUT2D eigenvalue weighted by Crippen LogP contribution is -2.07. The Morgan fingerprint density at radius 2 is 1.32 bits per heavy atom. The maximum atomic E-state index is 8.45. The first-order valence-electron chi connectivity index (χ1n) is 7.36. The molecule has 3 aromatic rings. The summed E-state index contributed by atoms with van der Waals surface area (Å²) in [6.07, 6.45) is 0. The molecular formula is C20H18N2. The molecule has 0 aliphatic carbocycles. The normalized spacial score (nSPS) is 10.2. The van der Waals surface area contributed by atoms with Crippen molar-refractivity contribution in [3.05, 3.63) is 102 Å². The van der Waals surface area contributed by atoms with E-state index in [2.05, 4.69) is 17.4 Å². The van der Waals surface area contributed by atoms with E-state index >= 15 is 0 Å². The summed E-state index contributed by atoms with van der Waals surface area (Å²) in [6.45, 7) is 0.750. The topological polar surface area (TPSA) is 35.9 Å². The Balaban J connectivity index is 1.82. The summed E-state index contributed by atoms with van der Waals surface area (Å²) in [7, 11) is 0. The van der Waals surface area contributed by atoms with Crippen LogP contribution in [-0.2, 0) is 6.54 Å². The zero-order chi connectivity index (χ0) is 15.2. The van der Waals surface area contributed by atoms with E-state index in [4.69, 9.17) is 5.41 Å². The highest BCUT2D eigenvalue weighted by Gasteiger charge is 2.09. The van der Waals surface area contributed by atoms with E-state index in [1.807, 2.05) is 72.8 Å². The first-order chi connectivity index (χ1) is 10.8. The van der Waals surface area contributed by atoms with Gasteiger partial charge in [0.1, 0.15) is 0 Å². The summed E-state index contributed by atoms with van der Waals surface area (Å²) in [5.74, 6) is 0. The van der Waals surface area contributed by atoms with Crippen molar-refractivity contribution in [2.75, 3.05) is 5.32 Å². The molecule has 0 aliphatic rings. The van der Waals surface area contributed by atoms with Crippen LogP contribution in [0.4, 0.5) is 5.69 Å². The van der Waals surface area contributed by atoms with Crippen LogP contribution in [0.3, 0.4) is 0 Å². The summed E-state index contributed by atoms with van der Waals surface area (Å²) >= 11 is 0. The van der Waals surface area contributed by atoms with Gasteiger partial charge in [-0.3, -0.25) is 5.41 Å². The Morgan fingerprint density at radius 1 is 0.727 bits per heavy atom. The van der Waals surface area contributed by atoms with Gasteiger partial charge in [-0.25, -0.2) is 0 Å². The minimum absolute atomic E-state index is 0.539. The average molecular weight is 286 g/mol. The molecule has 0 fully saturated rings. The van der Waals surface area contributed by atoms with Gasteiger partial charge >= 0.3 is 0 Å². The Hall–Kier alpha value is -2.87. The lowest BCUT2D eigenvalue weighted by molar-refractivity contribution is 1.15. The summed E-state index contributed by atoms with van der Waals surface area (Å²) in [5, 5.41) is 11.9. The average Bonchev–Trinajstić information content (AvgIpc) is 2.61. The second kappa shape index (κ2) is 6.72. The number of para-hydroxylation sites is 1. The summed E-state index contributed by atoms with van der Waals surface area (Å²) in [6, 6.07) is 28.1. The minimum Gasteiger partial charge on any atom is -0.380 e. The number of hydrogen-bond donors (Lipinski definition) is 2. The molecule has 0 heterocycles. The molecule has 22 heavy (non-hydrogen) atoms. The highest BCUT2D eigenvalue weighted by atomic mass is 14.9. The number of benzene rings is 3. The van der Waals surface area contributed by atoms with Crippen LogP contribution in [0, 0.1) is 5.41 Å². The molecule has 0 saturated carbocycles. The largest absolute Gasteiger partial charge is 0.380 e. The monoisotopic (exact) mass is 286 g/mol. The van der Waals surface area contributed by atoms with E-state index < -0.39 is 0 Å². The van der Waals surface area contributed by atoms with Gasteiger partial charge in [0, 0.05) is 23.4 Å². The van der Waals surface area contributed by atoms with Crippen LogP contribution in [0.5, 0.6) is 0 Å². The fourth-order valence-electron chi connectivity index (χ4n) is 2.41. The van der Waals surface area contributed by atoms with Gasteiger partial charge in [-0.15, -0.1) is 0 Å². The molecule has 3 aromatic carbocycles. The lowest BCUT2D eigenvalue weighted by atomic mass is 10.0. The van der Waals surface area contributed by atoms with Crippen molar-refractivity contribution in [3.63, 3.8) is 0 Å². The second-order valence-corrected chi connectivity index (χ2v) is 5.13. The third kappa shape index (κ3) is 3.23. The van der Waals surface area contributed by atoms with Crippen LogP contribution in [0.1, 0.15) is 16.7 Å². The number of anilines is 1. The fraction of sp³-hybridized carbons (Fsp3) is 0.0500. The maximum absolute atomic E-state index is 8.45. The number of rotatable bonds is 5. The van der Waals surface area contributed by atoms with Gasteiger partial charge < -0.3 is 5.32 Å². The van der Waals surface area contributed by atoms with E-state index in [9.17, 15) is 0 Å². The second-order valence-electron chi connectivity index (χ2n) is 5.13. The molecule has 3 rings (SSSR count). The van der Waals surface area contributed by atoms with Crippen molar-refractivity contribution >= 4 is 11.4 Å². The first kappa shape index (κ1) is 14.1. The minimum atomic E-state index is 0.539. The Labute approximate surface area is 131 Å². The molecule has 0 saturated heterocycles. The van der Waals surface area contributed by atoms with E-state index in [1.165, 1.54) is 5.56 Å². The van der Waals surface area contributed by atoms with Crippen molar-refractivity contribution in [2.24, 2.45) is 0 Å². The highest BCUT2D eigenvalue weighted by molar-refractivity contribution is 6.14. The van der Waals surface area contributed by atoms with E-state index in [1.54, 1.807) is 0 Å². The molecular weight excluding hydrogens is 268 g/mol. The quantitative estimate of drug-likeness (QED) is 0.654. The molecule has 0 unspecified atom stereocenters. The molecule has 0 atom stereocenters. The van der Waals surface area contributed by atoms with Crippen molar-refractivity contribution in [2.45, 2.75) is 6.54 Å². The molecule has 0 amide bonds. The third-order valence-corrected chi connectivity index (χ3v) is 3.58. The van der Waals surface area contributed by atoms with E-state index in [0.29, 0.717) is 5.71 Å². The van der Waals surface area contributed by atoms with Gasteiger partial charge in [-0.1, -0.05) is 78.9 Å². The number of hydrogen-bond acceptors (Lipinski definition) is 2. The molecule has 0 bridgehead atoms. The predicted octanol–water partition coefficient (Wildman–Crippen LogP) is 4.71. The Bertz CT molecular complexity index is 749. The van der Waals surface area contributed by atoms with Gasteiger partial charge in [-0.2, -0.15) is 0 Å². The summed E-state index contributed by atoms with van der Waals surface area (Å²) in [4.78, 5) is 0. The maximum Gasteiger partial charge on any atom is 0.0705 e. The zero-order valence-electron chi connectivity index (χ0n) is 12.3. The highest BCUT2D eigenvalue weighted by Crippen LogP contribution is 2.20. The summed E-state index contributed by atoms with van der Waals surface area (Å²) < 4.78 is 0. The smallest absolute Gasteiger partial charge is 0.0705 e. The molecule has 108 valence electrons.